The predicted molar refractivity (Wildman–Crippen MR) is 154 cm³/mol. The van der Waals surface area contributed by atoms with Crippen LogP contribution >= 0.6 is 0 Å². The van der Waals surface area contributed by atoms with E-state index in [9.17, 15) is 9.59 Å². The molecule has 3 N–H and O–H groups in total. The second-order valence-electron chi connectivity index (χ2n) is 11.3. The predicted octanol–water partition coefficient (Wildman–Crippen LogP) is 7.09. The van der Waals surface area contributed by atoms with Crippen molar-refractivity contribution in [3.63, 3.8) is 0 Å². The van der Waals surface area contributed by atoms with E-state index in [0.717, 1.165) is 42.4 Å². The van der Waals surface area contributed by atoms with Gasteiger partial charge in [0.15, 0.2) is 0 Å². The van der Waals surface area contributed by atoms with Gasteiger partial charge in [-0.2, -0.15) is 4.99 Å². The molecule has 1 fully saturated rings. The Hall–Kier alpha value is -4.13. The Balaban J connectivity index is 1.56. The number of nitrogens with two attached hydrogens (primary N) is 1. The number of hydrogen-bond acceptors (Lipinski definition) is 3. The van der Waals surface area contributed by atoms with Crippen molar-refractivity contribution in [1.29, 1.82) is 5.53 Å². The van der Waals surface area contributed by atoms with Crippen molar-refractivity contribution < 1.29 is 9.59 Å². The number of nitrogens with one attached hydrogen (secondary N) is 1. The summed E-state index contributed by atoms with van der Waals surface area (Å²) in [6.45, 7) is 7.35. The largest absolute Gasteiger partial charge is 0.366 e. The lowest BCUT2D eigenvalue weighted by Gasteiger charge is -2.41. The zero-order chi connectivity index (χ0) is 28.0. The van der Waals surface area contributed by atoms with Gasteiger partial charge in [-0.25, -0.2) is 5.53 Å². The highest BCUT2D eigenvalue weighted by molar-refractivity contribution is 6.02. The van der Waals surface area contributed by atoms with Gasteiger partial charge in [-0.05, 0) is 78.0 Å². The highest BCUT2D eigenvalue weighted by Crippen LogP contribution is 2.39. The fourth-order valence-electron chi connectivity index (χ4n) is 5.36. The Morgan fingerprint density at radius 2 is 1.41 bits per heavy atom. The summed E-state index contributed by atoms with van der Waals surface area (Å²) in [5.41, 5.74) is 16.7. The molecule has 0 unspecified atom stereocenters. The Labute approximate surface area is 230 Å². The van der Waals surface area contributed by atoms with Crippen LogP contribution < -0.4 is 5.73 Å². The van der Waals surface area contributed by atoms with Gasteiger partial charge in [-0.15, -0.1) is 5.11 Å². The zero-order valence-corrected chi connectivity index (χ0v) is 22.9. The summed E-state index contributed by atoms with van der Waals surface area (Å²) in [4.78, 5) is 31.8. The second-order valence-corrected chi connectivity index (χ2v) is 11.3. The number of amides is 2. The first kappa shape index (κ1) is 27.9. The van der Waals surface area contributed by atoms with Crippen LogP contribution in [0.3, 0.4) is 0 Å². The third-order valence-electron chi connectivity index (χ3n) is 7.75. The molecule has 0 atom stereocenters. The van der Waals surface area contributed by atoms with Gasteiger partial charge in [0.1, 0.15) is 0 Å². The van der Waals surface area contributed by atoms with Crippen LogP contribution in [0.2, 0.25) is 0 Å². The van der Waals surface area contributed by atoms with E-state index >= 15 is 0 Å². The highest BCUT2D eigenvalue weighted by Gasteiger charge is 2.34. The molecular formula is C32H37N5O2. The molecule has 4 rings (SSSR count). The highest BCUT2D eigenvalue weighted by atomic mass is 16.2. The van der Waals surface area contributed by atoms with Crippen LogP contribution in [-0.4, -0.2) is 28.7 Å². The van der Waals surface area contributed by atoms with E-state index in [1.807, 2.05) is 59.5 Å². The topological polar surface area (TPSA) is 112 Å². The average Bonchev–Trinajstić information content (AvgIpc) is 2.96. The van der Waals surface area contributed by atoms with Crippen molar-refractivity contribution >= 4 is 17.8 Å². The molecule has 0 bridgehead atoms. The summed E-state index contributed by atoms with van der Waals surface area (Å²) < 4.78 is 0. The summed E-state index contributed by atoms with van der Waals surface area (Å²) in [5.74, 6) is -0.278. The Morgan fingerprint density at radius 1 is 0.846 bits per heavy atom. The number of aliphatic imine (C=N–C) groups is 1. The molecule has 2 amide bonds. The van der Waals surface area contributed by atoms with Crippen molar-refractivity contribution in [2.24, 2.45) is 27.2 Å². The van der Waals surface area contributed by atoms with E-state index in [1.54, 1.807) is 12.1 Å². The molecule has 0 aromatic heterocycles. The maximum Gasteiger partial charge on any atom is 0.280 e. The van der Waals surface area contributed by atoms with Gasteiger partial charge in [-0.1, -0.05) is 75.4 Å². The van der Waals surface area contributed by atoms with Crippen molar-refractivity contribution in [2.45, 2.75) is 59.0 Å². The van der Waals surface area contributed by atoms with Gasteiger partial charge in [0.25, 0.3) is 11.8 Å². The fourth-order valence-corrected chi connectivity index (χ4v) is 5.36. The molecular weight excluding hydrogens is 486 g/mol. The van der Waals surface area contributed by atoms with Crippen LogP contribution in [0.25, 0.3) is 11.1 Å². The normalized spacial score (nSPS) is 17.9. The summed E-state index contributed by atoms with van der Waals surface area (Å²) in [6.07, 6.45) is 4.13. The third-order valence-corrected chi connectivity index (χ3v) is 7.75. The minimum atomic E-state index is -0.554. The number of rotatable bonds is 6. The Bertz CT molecular complexity index is 1320. The zero-order valence-electron chi connectivity index (χ0n) is 22.9. The smallest absolute Gasteiger partial charge is 0.280 e. The Kier molecular flexibility index (Phi) is 8.69. The van der Waals surface area contributed by atoms with Gasteiger partial charge in [0.2, 0.25) is 5.96 Å². The molecule has 0 spiro atoms. The van der Waals surface area contributed by atoms with Crippen molar-refractivity contribution in [2.75, 3.05) is 0 Å². The van der Waals surface area contributed by atoms with Crippen LogP contribution in [0.1, 0.15) is 72.7 Å². The Morgan fingerprint density at radius 3 is 1.97 bits per heavy atom. The van der Waals surface area contributed by atoms with Crippen LogP contribution in [0, 0.1) is 16.9 Å². The fraction of sp³-hybridized carbons (Fsp3) is 0.344. The number of benzene rings is 3. The minimum Gasteiger partial charge on any atom is -0.366 e. The number of carbonyl (C=O) groups is 2. The first-order valence-corrected chi connectivity index (χ1v) is 13.5. The molecule has 3 aromatic rings. The minimum absolute atomic E-state index is 0.0170. The van der Waals surface area contributed by atoms with E-state index in [0.29, 0.717) is 23.6 Å². The summed E-state index contributed by atoms with van der Waals surface area (Å²) in [7, 11) is 0. The summed E-state index contributed by atoms with van der Waals surface area (Å²) in [6, 6.07) is 25.2. The first-order valence-electron chi connectivity index (χ1n) is 13.5. The van der Waals surface area contributed by atoms with Crippen molar-refractivity contribution in [3.8, 4) is 11.1 Å². The monoisotopic (exact) mass is 523 g/mol. The van der Waals surface area contributed by atoms with E-state index in [1.165, 1.54) is 0 Å². The average molecular weight is 524 g/mol. The van der Waals surface area contributed by atoms with Gasteiger partial charge >= 0.3 is 0 Å². The summed E-state index contributed by atoms with van der Waals surface area (Å²) in [5, 5.41) is 2.97. The van der Waals surface area contributed by atoms with Crippen LogP contribution in [0.4, 0.5) is 0 Å². The molecule has 1 aliphatic rings. The maximum atomic E-state index is 13.9. The maximum absolute atomic E-state index is 13.9. The third kappa shape index (κ3) is 7.05. The van der Waals surface area contributed by atoms with E-state index in [4.69, 9.17) is 11.3 Å². The van der Waals surface area contributed by atoms with Gasteiger partial charge in [0, 0.05) is 23.7 Å². The van der Waals surface area contributed by atoms with E-state index in [-0.39, 0.29) is 23.3 Å². The molecule has 0 aliphatic heterocycles. The van der Waals surface area contributed by atoms with Crippen molar-refractivity contribution in [3.05, 3.63) is 95.6 Å². The summed E-state index contributed by atoms with van der Waals surface area (Å²) >= 11 is 0. The van der Waals surface area contributed by atoms with E-state index < -0.39 is 5.91 Å². The number of guanidine groups is 1. The molecule has 1 aliphatic carbocycles. The standard InChI is InChI=1S/C32H37N5O2/c1-32(2,3)27-17-19-28(20-18-27)37(21-22-9-11-25(12-10-22)29(38)35-31(33)36-34)30(39)26-15-13-24(14-16-26)23-7-5-4-6-8-23/h4-16,27-28,34H,17-21H2,1-3H3,(H2,33,35,38). The molecule has 39 heavy (non-hydrogen) atoms. The lowest BCUT2D eigenvalue weighted by Crippen LogP contribution is -2.43. The molecule has 7 heteroatoms. The van der Waals surface area contributed by atoms with E-state index in [2.05, 4.69) is 43.0 Å². The van der Waals surface area contributed by atoms with Gasteiger partial charge in [0.05, 0.1) is 0 Å². The molecule has 0 saturated heterocycles. The SMILES string of the molecule is CC(C)(C)C1CCC(N(Cc2ccc(C(=O)N=C(N)N=N)cc2)C(=O)c2ccc(-c3ccccc3)cc2)CC1. The number of hydrogen-bond donors (Lipinski definition) is 2. The molecule has 7 nitrogen and oxygen atoms in total. The quantitative estimate of drug-likeness (QED) is 0.204. The van der Waals surface area contributed by atoms with Crippen molar-refractivity contribution in [1.82, 2.24) is 4.90 Å². The first-order chi connectivity index (χ1) is 18.7. The van der Waals surface area contributed by atoms with Gasteiger partial charge in [-0.3, -0.25) is 9.59 Å². The molecule has 3 aromatic carbocycles. The molecule has 202 valence electrons. The van der Waals surface area contributed by atoms with Crippen LogP contribution in [0.5, 0.6) is 0 Å². The number of carbonyl (C=O) groups excluding carboxylic acids is 2. The molecule has 1 saturated carbocycles. The lowest BCUT2D eigenvalue weighted by atomic mass is 9.71. The second kappa shape index (κ2) is 12.2. The van der Waals surface area contributed by atoms with Crippen LogP contribution in [0.15, 0.2) is 89.0 Å². The molecule has 0 radical (unpaired) electrons. The van der Waals surface area contributed by atoms with Crippen LogP contribution in [-0.2, 0) is 6.54 Å². The van der Waals surface area contributed by atoms with Gasteiger partial charge < -0.3 is 10.6 Å². The number of nitrogens with zero attached hydrogens (tertiary/aromatic N) is 3. The lowest BCUT2D eigenvalue weighted by molar-refractivity contribution is 0.0530. The molecule has 0 heterocycles.